The summed E-state index contributed by atoms with van der Waals surface area (Å²) in [5.41, 5.74) is 4.96. The van der Waals surface area contributed by atoms with E-state index in [1.54, 1.807) is 18.3 Å². The minimum atomic E-state index is -0.320. The van der Waals surface area contributed by atoms with Gasteiger partial charge in [-0.15, -0.1) is 0 Å². The number of likely N-dealkylation sites (tertiary alicyclic amines) is 1. The van der Waals surface area contributed by atoms with Crippen LogP contribution in [0.1, 0.15) is 35.1 Å². The Morgan fingerprint density at radius 1 is 1.06 bits per heavy atom. The van der Waals surface area contributed by atoms with Crippen LogP contribution in [0.25, 0.3) is 0 Å². The lowest BCUT2D eigenvalue weighted by molar-refractivity contribution is -0.128. The maximum absolute atomic E-state index is 12.3. The fourth-order valence-electron chi connectivity index (χ4n) is 3.70. The molecule has 3 aromatic rings. The summed E-state index contributed by atoms with van der Waals surface area (Å²) in [4.78, 5) is 30.3. The number of aromatic nitrogens is 1. The highest BCUT2D eigenvalue weighted by molar-refractivity contribution is 5.89. The summed E-state index contributed by atoms with van der Waals surface area (Å²) in [5.74, 6) is 1.38. The van der Waals surface area contributed by atoms with Gasteiger partial charge in [-0.05, 0) is 60.7 Å². The van der Waals surface area contributed by atoms with Crippen molar-refractivity contribution in [2.45, 2.75) is 39.8 Å². The van der Waals surface area contributed by atoms with Crippen LogP contribution in [0.2, 0.25) is 0 Å². The topological polar surface area (TPSA) is 83.6 Å². The normalized spacial score (nSPS) is 13.2. The summed E-state index contributed by atoms with van der Waals surface area (Å²) < 4.78 is 5.78. The molecule has 2 aromatic carbocycles. The predicted octanol–water partition coefficient (Wildman–Crippen LogP) is 4.93. The summed E-state index contributed by atoms with van der Waals surface area (Å²) in [5, 5.41) is 5.63. The quantitative estimate of drug-likeness (QED) is 0.541. The Hall–Kier alpha value is -3.87. The summed E-state index contributed by atoms with van der Waals surface area (Å²) in [6, 6.07) is 16.9. The van der Waals surface area contributed by atoms with Crippen molar-refractivity contribution in [3.8, 4) is 11.6 Å². The minimum absolute atomic E-state index is 0.205. The van der Waals surface area contributed by atoms with E-state index in [0.717, 1.165) is 35.4 Å². The Morgan fingerprint density at radius 3 is 2.64 bits per heavy atom. The first kappa shape index (κ1) is 22.3. The van der Waals surface area contributed by atoms with E-state index in [-0.39, 0.29) is 11.9 Å². The van der Waals surface area contributed by atoms with Gasteiger partial charge in [-0.25, -0.2) is 9.78 Å². The smallest absolute Gasteiger partial charge is 0.319 e. The fourth-order valence-corrected chi connectivity index (χ4v) is 3.70. The SMILES string of the molecule is Cc1ccc(Oc2ccc(NC(=O)NCc3cccc(CN4CCCC4=O)c3)cn2)cc1C. The van der Waals surface area contributed by atoms with Gasteiger partial charge in [-0.3, -0.25) is 4.79 Å². The van der Waals surface area contributed by atoms with Crippen LogP contribution in [0.4, 0.5) is 10.5 Å². The van der Waals surface area contributed by atoms with E-state index in [1.807, 2.05) is 54.3 Å². The lowest BCUT2D eigenvalue weighted by atomic mass is 10.1. The van der Waals surface area contributed by atoms with Gasteiger partial charge in [0.2, 0.25) is 11.8 Å². The van der Waals surface area contributed by atoms with E-state index in [2.05, 4.69) is 22.5 Å². The molecule has 1 aliphatic rings. The molecule has 0 bridgehead atoms. The van der Waals surface area contributed by atoms with Crippen molar-refractivity contribution in [3.05, 3.63) is 83.0 Å². The number of ether oxygens (including phenoxy) is 1. The van der Waals surface area contributed by atoms with Crippen molar-refractivity contribution in [3.63, 3.8) is 0 Å². The Labute approximate surface area is 193 Å². The molecule has 1 saturated heterocycles. The second-order valence-corrected chi connectivity index (χ2v) is 8.28. The molecule has 1 fully saturated rings. The van der Waals surface area contributed by atoms with E-state index < -0.39 is 0 Å². The van der Waals surface area contributed by atoms with Crippen molar-refractivity contribution in [1.29, 1.82) is 0 Å². The van der Waals surface area contributed by atoms with E-state index >= 15 is 0 Å². The molecule has 2 heterocycles. The number of nitrogens with zero attached hydrogens (tertiary/aromatic N) is 2. The molecule has 7 nitrogen and oxygen atoms in total. The number of urea groups is 1. The molecule has 1 aromatic heterocycles. The maximum Gasteiger partial charge on any atom is 0.319 e. The van der Waals surface area contributed by atoms with Crippen LogP contribution in [0.5, 0.6) is 11.6 Å². The first-order chi connectivity index (χ1) is 16.0. The van der Waals surface area contributed by atoms with Crippen LogP contribution in [0, 0.1) is 13.8 Å². The summed E-state index contributed by atoms with van der Waals surface area (Å²) in [6.45, 7) is 5.89. The van der Waals surface area contributed by atoms with Gasteiger partial charge in [0.05, 0.1) is 11.9 Å². The van der Waals surface area contributed by atoms with Crippen molar-refractivity contribution >= 4 is 17.6 Å². The van der Waals surface area contributed by atoms with Crippen molar-refractivity contribution < 1.29 is 14.3 Å². The zero-order chi connectivity index (χ0) is 23.2. The highest BCUT2D eigenvalue weighted by atomic mass is 16.5. The van der Waals surface area contributed by atoms with E-state index in [0.29, 0.717) is 31.1 Å². The maximum atomic E-state index is 12.3. The number of carbonyl (C=O) groups is 2. The molecule has 0 unspecified atom stereocenters. The lowest BCUT2D eigenvalue weighted by Gasteiger charge is -2.16. The van der Waals surface area contributed by atoms with E-state index in [4.69, 9.17) is 4.74 Å². The average molecular weight is 445 g/mol. The standard InChI is InChI=1S/C26H28N4O3/c1-18-8-10-23(13-19(18)2)33-24-11-9-22(16-27-24)29-26(32)28-15-20-5-3-6-21(14-20)17-30-12-4-7-25(30)31/h3,5-6,8-11,13-14,16H,4,7,12,15,17H2,1-2H3,(H2,28,29,32). The molecule has 3 amide bonds. The Morgan fingerprint density at radius 2 is 1.91 bits per heavy atom. The van der Waals surface area contributed by atoms with Crippen molar-refractivity contribution in [2.24, 2.45) is 0 Å². The van der Waals surface area contributed by atoms with Gasteiger partial charge in [-0.1, -0.05) is 30.3 Å². The number of aryl methyl sites for hydroxylation is 2. The predicted molar refractivity (Wildman–Crippen MR) is 127 cm³/mol. The summed E-state index contributed by atoms with van der Waals surface area (Å²) >= 11 is 0. The van der Waals surface area contributed by atoms with Gasteiger partial charge in [0.1, 0.15) is 5.75 Å². The highest BCUT2D eigenvalue weighted by Crippen LogP contribution is 2.23. The van der Waals surface area contributed by atoms with Gasteiger partial charge in [0.25, 0.3) is 0 Å². The molecule has 0 radical (unpaired) electrons. The van der Waals surface area contributed by atoms with Crippen LogP contribution in [-0.2, 0) is 17.9 Å². The third kappa shape index (κ3) is 6.10. The number of hydrogen-bond donors (Lipinski definition) is 2. The molecule has 170 valence electrons. The summed E-state index contributed by atoms with van der Waals surface area (Å²) in [7, 11) is 0. The van der Waals surface area contributed by atoms with Crippen LogP contribution >= 0.6 is 0 Å². The number of pyridine rings is 1. The van der Waals surface area contributed by atoms with Crippen molar-refractivity contribution in [1.82, 2.24) is 15.2 Å². The van der Waals surface area contributed by atoms with E-state index in [1.165, 1.54) is 5.56 Å². The second-order valence-electron chi connectivity index (χ2n) is 8.28. The molecule has 7 heteroatoms. The van der Waals surface area contributed by atoms with Crippen molar-refractivity contribution in [2.75, 3.05) is 11.9 Å². The highest BCUT2D eigenvalue weighted by Gasteiger charge is 2.19. The molecule has 0 saturated carbocycles. The van der Waals surface area contributed by atoms with E-state index in [9.17, 15) is 9.59 Å². The molecule has 2 N–H and O–H groups in total. The number of nitrogens with one attached hydrogen (secondary N) is 2. The zero-order valence-corrected chi connectivity index (χ0v) is 18.9. The van der Waals surface area contributed by atoms with Gasteiger partial charge < -0.3 is 20.3 Å². The molecule has 4 rings (SSSR count). The Balaban J connectivity index is 1.27. The number of rotatable bonds is 7. The number of hydrogen-bond acceptors (Lipinski definition) is 4. The first-order valence-electron chi connectivity index (χ1n) is 11.1. The number of carbonyl (C=O) groups excluding carboxylic acids is 2. The monoisotopic (exact) mass is 444 g/mol. The molecule has 0 atom stereocenters. The Kier molecular flexibility index (Phi) is 6.88. The molecular weight excluding hydrogens is 416 g/mol. The minimum Gasteiger partial charge on any atom is -0.439 e. The average Bonchev–Trinajstić information content (AvgIpc) is 3.21. The third-order valence-electron chi connectivity index (χ3n) is 5.68. The largest absolute Gasteiger partial charge is 0.439 e. The number of anilines is 1. The fraction of sp³-hybridized carbons (Fsp3) is 0.269. The second kappa shape index (κ2) is 10.2. The van der Waals surface area contributed by atoms with Crippen LogP contribution in [0.15, 0.2) is 60.8 Å². The van der Waals surface area contributed by atoms with Gasteiger partial charge in [-0.2, -0.15) is 0 Å². The lowest BCUT2D eigenvalue weighted by Crippen LogP contribution is -2.28. The number of amides is 3. The van der Waals surface area contributed by atoms with Crippen LogP contribution in [0.3, 0.4) is 0 Å². The van der Waals surface area contributed by atoms with Gasteiger partial charge in [0.15, 0.2) is 0 Å². The molecular formula is C26H28N4O3. The first-order valence-corrected chi connectivity index (χ1v) is 11.1. The molecule has 0 spiro atoms. The Bertz CT molecular complexity index is 1140. The third-order valence-corrected chi connectivity index (χ3v) is 5.68. The van der Waals surface area contributed by atoms with Gasteiger partial charge in [0, 0.05) is 32.1 Å². The summed E-state index contributed by atoms with van der Waals surface area (Å²) in [6.07, 6.45) is 3.12. The van der Waals surface area contributed by atoms with Crippen LogP contribution in [-0.4, -0.2) is 28.4 Å². The molecule has 33 heavy (non-hydrogen) atoms. The number of benzene rings is 2. The van der Waals surface area contributed by atoms with Gasteiger partial charge >= 0.3 is 6.03 Å². The molecule has 1 aliphatic heterocycles. The zero-order valence-electron chi connectivity index (χ0n) is 18.9. The molecule has 0 aliphatic carbocycles. The van der Waals surface area contributed by atoms with Crippen LogP contribution < -0.4 is 15.4 Å².